The Morgan fingerprint density at radius 1 is 1.31 bits per heavy atom. The van der Waals surface area contributed by atoms with Crippen molar-refractivity contribution in [1.29, 1.82) is 0 Å². The van der Waals surface area contributed by atoms with Gasteiger partial charge in [0.25, 0.3) is 5.92 Å². The minimum Gasteiger partial charge on any atom is -0.326 e. The quantitative estimate of drug-likeness (QED) is 0.830. The maximum atomic E-state index is 12.9. The van der Waals surface area contributed by atoms with Gasteiger partial charge in [-0.15, -0.1) is 0 Å². The molecule has 2 nitrogen and oxygen atoms in total. The van der Waals surface area contributed by atoms with Crippen LogP contribution in [-0.4, -0.2) is 11.8 Å². The molecule has 0 heterocycles. The van der Waals surface area contributed by atoms with Crippen molar-refractivity contribution >= 4 is 11.6 Å². The first kappa shape index (κ1) is 11.0. The molecule has 1 N–H and O–H groups in total. The Kier molecular flexibility index (Phi) is 2.61. The molecule has 1 aromatic rings. The monoisotopic (exact) mass is 229 g/mol. The van der Waals surface area contributed by atoms with E-state index in [0.717, 1.165) is 12.1 Å². The molecule has 86 valence electrons. The first-order chi connectivity index (χ1) is 7.49. The second kappa shape index (κ2) is 3.81. The lowest BCUT2D eigenvalue weighted by Crippen LogP contribution is -2.46. The van der Waals surface area contributed by atoms with Crippen LogP contribution in [0.25, 0.3) is 0 Å². The standard InChI is InChI=1S/C11H10F3NO/c12-7-1-3-8(4-2-7)15-10(16)9-5-6-11(9,13)14/h1-4,9H,5-6H2,(H,15,16). The van der Waals surface area contributed by atoms with Crippen molar-refractivity contribution < 1.29 is 18.0 Å². The van der Waals surface area contributed by atoms with Gasteiger partial charge in [0.05, 0.1) is 0 Å². The van der Waals surface area contributed by atoms with Crippen LogP contribution in [0.4, 0.5) is 18.9 Å². The summed E-state index contributed by atoms with van der Waals surface area (Å²) in [5.74, 6) is -5.29. The summed E-state index contributed by atoms with van der Waals surface area (Å²) in [6, 6.07) is 5.00. The maximum Gasteiger partial charge on any atom is 0.259 e. The third-order valence-electron chi connectivity index (χ3n) is 2.70. The Morgan fingerprint density at radius 3 is 2.38 bits per heavy atom. The summed E-state index contributed by atoms with van der Waals surface area (Å²) in [5, 5.41) is 2.34. The van der Waals surface area contributed by atoms with Crippen molar-refractivity contribution in [3.8, 4) is 0 Å². The molecule has 0 bridgehead atoms. The molecule has 1 aliphatic rings. The number of carbonyl (C=O) groups is 1. The first-order valence-corrected chi connectivity index (χ1v) is 4.93. The number of halogens is 3. The molecule has 0 aliphatic heterocycles. The van der Waals surface area contributed by atoms with Crippen molar-refractivity contribution in [2.24, 2.45) is 5.92 Å². The van der Waals surface area contributed by atoms with E-state index in [1.54, 1.807) is 0 Å². The SMILES string of the molecule is O=C(Nc1ccc(F)cc1)C1CCC1(F)F. The normalized spacial score (nSPS) is 22.3. The highest BCUT2D eigenvalue weighted by atomic mass is 19.3. The fourth-order valence-electron chi connectivity index (χ4n) is 1.59. The zero-order chi connectivity index (χ0) is 11.8. The summed E-state index contributed by atoms with van der Waals surface area (Å²) >= 11 is 0. The van der Waals surface area contributed by atoms with E-state index in [2.05, 4.69) is 5.32 Å². The van der Waals surface area contributed by atoms with E-state index in [-0.39, 0.29) is 12.8 Å². The third-order valence-corrected chi connectivity index (χ3v) is 2.70. The minimum atomic E-state index is -2.90. The summed E-state index contributed by atoms with van der Waals surface area (Å²) in [6.45, 7) is 0. The highest BCUT2D eigenvalue weighted by molar-refractivity contribution is 5.93. The number of carbonyl (C=O) groups excluding carboxylic acids is 1. The molecule has 1 fully saturated rings. The highest BCUT2D eigenvalue weighted by Crippen LogP contribution is 2.43. The van der Waals surface area contributed by atoms with Crippen LogP contribution in [0.5, 0.6) is 0 Å². The van der Waals surface area contributed by atoms with Gasteiger partial charge in [0, 0.05) is 12.1 Å². The second-order valence-electron chi connectivity index (χ2n) is 3.85. The molecule has 5 heteroatoms. The predicted octanol–water partition coefficient (Wildman–Crippen LogP) is 2.81. The number of hydrogen-bond donors (Lipinski definition) is 1. The summed E-state index contributed by atoms with van der Waals surface area (Å²) in [7, 11) is 0. The van der Waals surface area contributed by atoms with Crippen LogP contribution < -0.4 is 5.32 Å². The van der Waals surface area contributed by atoms with E-state index >= 15 is 0 Å². The van der Waals surface area contributed by atoms with E-state index in [1.165, 1.54) is 12.1 Å². The van der Waals surface area contributed by atoms with Crippen LogP contribution in [0.1, 0.15) is 12.8 Å². The molecule has 1 amide bonds. The Hall–Kier alpha value is -1.52. The molecule has 0 spiro atoms. The van der Waals surface area contributed by atoms with Gasteiger partial charge in [0.1, 0.15) is 11.7 Å². The Labute approximate surface area is 90.5 Å². The number of alkyl halides is 2. The Bertz CT molecular complexity index is 402. The maximum absolute atomic E-state index is 12.9. The van der Waals surface area contributed by atoms with E-state index in [9.17, 15) is 18.0 Å². The second-order valence-corrected chi connectivity index (χ2v) is 3.85. The number of hydrogen-bond acceptors (Lipinski definition) is 1. The zero-order valence-electron chi connectivity index (χ0n) is 8.34. The lowest BCUT2D eigenvalue weighted by Gasteiger charge is -2.34. The van der Waals surface area contributed by atoms with Gasteiger partial charge in [-0.2, -0.15) is 0 Å². The van der Waals surface area contributed by atoms with Gasteiger partial charge in [0.15, 0.2) is 0 Å². The molecular formula is C11H10F3NO. The van der Waals surface area contributed by atoms with Gasteiger partial charge in [-0.25, -0.2) is 13.2 Å². The molecule has 1 unspecified atom stereocenters. The number of anilines is 1. The molecular weight excluding hydrogens is 219 g/mol. The molecule has 0 radical (unpaired) electrons. The average Bonchev–Trinajstić information content (AvgIpc) is 2.20. The topological polar surface area (TPSA) is 29.1 Å². The van der Waals surface area contributed by atoms with E-state index in [1.807, 2.05) is 0 Å². The van der Waals surface area contributed by atoms with Crippen molar-refractivity contribution in [3.63, 3.8) is 0 Å². The molecule has 1 saturated carbocycles. The van der Waals surface area contributed by atoms with Crippen LogP contribution in [0, 0.1) is 11.7 Å². The lowest BCUT2D eigenvalue weighted by molar-refractivity contribution is -0.157. The molecule has 1 atom stereocenters. The van der Waals surface area contributed by atoms with Crippen LogP contribution in [-0.2, 0) is 4.79 Å². The number of rotatable bonds is 2. The summed E-state index contributed by atoms with van der Waals surface area (Å²) in [6.07, 6.45) is -0.0471. The van der Waals surface area contributed by atoms with Crippen LogP contribution >= 0.6 is 0 Å². The summed E-state index contributed by atoms with van der Waals surface area (Å²) in [4.78, 5) is 11.4. The molecule has 0 saturated heterocycles. The van der Waals surface area contributed by atoms with Gasteiger partial charge in [-0.3, -0.25) is 4.79 Å². The minimum absolute atomic E-state index is 0.194. The molecule has 1 aromatic carbocycles. The largest absolute Gasteiger partial charge is 0.326 e. The van der Waals surface area contributed by atoms with Gasteiger partial charge in [-0.05, 0) is 30.7 Å². The third kappa shape index (κ3) is 2.03. The van der Waals surface area contributed by atoms with Crippen molar-refractivity contribution in [1.82, 2.24) is 0 Å². The van der Waals surface area contributed by atoms with Crippen molar-refractivity contribution in [2.75, 3.05) is 5.32 Å². The van der Waals surface area contributed by atoms with Gasteiger partial charge < -0.3 is 5.32 Å². The van der Waals surface area contributed by atoms with E-state index in [0.29, 0.717) is 5.69 Å². The van der Waals surface area contributed by atoms with E-state index in [4.69, 9.17) is 0 Å². The van der Waals surface area contributed by atoms with Gasteiger partial charge in [-0.1, -0.05) is 0 Å². The number of nitrogens with one attached hydrogen (secondary N) is 1. The summed E-state index contributed by atoms with van der Waals surface area (Å²) in [5.41, 5.74) is 0.328. The number of benzene rings is 1. The summed E-state index contributed by atoms with van der Waals surface area (Å²) < 4.78 is 38.3. The van der Waals surface area contributed by atoms with Gasteiger partial charge >= 0.3 is 0 Å². The molecule has 2 rings (SSSR count). The first-order valence-electron chi connectivity index (χ1n) is 4.93. The number of amides is 1. The van der Waals surface area contributed by atoms with Crippen LogP contribution in [0.15, 0.2) is 24.3 Å². The Morgan fingerprint density at radius 2 is 1.94 bits per heavy atom. The highest BCUT2D eigenvalue weighted by Gasteiger charge is 2.52. The molecule has 0 aromatic heterocycles. The van der Waals surface area contributed by atoms with E-state index < -0.39 is 23.6 Å². The van der Waals surface area contributed by atoms with Gasteiger partial charge in [0.2, 0.25) is 5.91 Å². The molecule has 1 aliphatic carbocycles. The lowest BCUT2D eigenvalue weighted by atomic mass is 9.80. The van der Waals surface area contributed by atoms with Crippen LogP contribution in [0.3, 0.4) is 0 Å². The predicted molar refractivity (Wildman–Crippen MR) is 52.7 cm³/mol. The zero-order valence-corrected chi connectivity index (χ0v) is 8.34. The Balaban J connectivity index is 2.00. The average molecular weight is 229 g/mol. The molecule has 16 heavy (non-hydrogen) atoms. The smallest absolute Gasteiger partial charge is 0.259 e. The fraction of sp³-hybridized carbons (Fsp3) is 0.364. The van der Waals surface area contributed by atoms with Crippen LogP contribution in [0.2, 0.25) is 0 Å². The van der Waals surface area contributed by atoms with Crippen molar-refractivity contribution in [2.45, 2.75) is 18.8 Å². The fourth-order valence-corrected chi connectivity index (χ4v) is 1.59. The van der Waals surface area contributed by atoms with Crippen molar-refractivity contribution in [3.05, 3.63) is 30.1 Å².